The van der Waals surface area contributed by atoms with Gasteiger partial charge in [0.1, 0.15) is 10.6 Å². The molecule has 0 aliphatic carbocycles. The number of hydrogen-bond acceptors (Lipinski definition) is 5. The quantitative estimate of drug-likeness (QED) is 0.582. The fourth-order valence-corrected chi connectivity index (χ4v) is 4.87. The van der Waals surface area contributed by atoms with Gasteiger partial charge in [0.15, 0.2) is 0 Å². The summed E-state index contributed by atoms with van der Waals surface area (Å²) in [5.41, 5.74) is 0.593. The molecule has 0 aliphatic heterocycles. The molecule has 1 aromatic heterocycles. The first-order chi connectivity index (χ1) is 12.9. The molecule has 140 valence electrons. The van der Waals surface area contributed by atoms with Crippen molar-refractivity contribution in [2.45, 2.75) is 11.4 Å². The third kappa shape index (κ3) is 4.56. The first kappa shape index (κ1) is 19.6. The van der Waals surface area contributed by atoms with E-state index in [1.54, 1.807) is 42.5 Å². The van der Waals surface area contributed by atoms with Crippen LogP contribution in [0.2, 0.25) is 5.02 Å². The molecule has 0 unspecified atom stereocenters. The van der Waals surface area contributed by atoms with Crippen molar-refractivity contribution >= 4 is 38.7 Å². The van der Waals surface area contributed by atoms with Gasteiger partial charge in [0.05, 0.1) is 12.0 Å². The molecule has 0 atom stereocenters. The maximum absolute atomic E-state index is 12.6. The zero-order chi connectivity index (χ0) is 19.4. The number of ether oxygens (including phenoxy) is 1. The lowest BCUT2D eigenvalue weighted by atomic mass is 10.1. The summed E-state index contributed by atoms with van der Waals surface area (Å²) in [6.45, 7) is 0.0603. The van der Waals surface area contributed by atoms with Gasteiger partial charge in [-0.05, 0) is 30.3 Å². The minimum atomic E-state index is -3.82. The molecule has 0 amide bonds. The number of sulfonamides is 1. The number of halogens is 1. The second kappa shape index (κ2) is 8.22. The highest BCUT2D eigenvalue weighted by Crippen LogP contribution is 2.27. The SMILES string of the molecule is COc1ccc(Cl)cc1S(=O)(=O)NCc1ccc(C(=O)c2ccccc2)s1. The zero-order valence-electron chi connectivity index (χ0n) is 14.3. The molecule has 2 aromatic carbocycles. The molecule has 0 radical (unpaired) electrons. The van der Waals surface area contributed by atoms with Gasteiger partial charge in [-0.2, -0.15) is 0 Å². The van der Waals surface area contributed by atoms with Crippen LogP contribution in [0.3, 0.4) is 0 Å². The Kier molecular flexibility index (Phi) is 5.96. The summed E-state index contributed by atoms with van der Waals surface area (Å²) in [6, 6.07) is 16.8. The largest absolute Gasteiger partial charge is 0.495 e. The van der Waals surface area contributed by atoms with Crippen LogP contribution in [0.1, 0.15) is 20.1 Å². The Morgan fingerprint density at radius 3 is 2.56 bits per heavy atom. The van der Waals surface area contributed by atoms with Gasteiger partial charge in [0, 0.05) is 22.0 Å². The van der Waals surface area contributed by atoms with E-state index in [1.165, 1.54) is 30.6 Å². The normalized spacial score (nSPS) is 11.3. The van der Waals surface area contributed by atoms with E-state index in [1.807, 2.05) is 6.07 Å². The second-order valence-corrected chi connectivity index (χ2v) is 8.92. The Bertz CT molecular complexity index is 1060. The van der Waals surface area contributed by atoms with E-state index in [2.05, 4.69) is 4.72 Å². The third-order valence-corrected chi connectivity index (χ3v) is 6.51. The summed E-state index contributed by atoms with van der Waals surface area (Å²) in [5.74, 6) is 0.115. The monoisotopic (exact) mass is 421 g/mol. The van der Waals surface area contributed by atoms with Crippen LogP contribution in [0, 0.1) is 0 Å². The molecule has 0 saturated carbocycles. The van der Waals surface area contributed by atoms with Crippen LogP contribution in [0.15, 0.2) is 65.6 Å². The summed E-state index contributed by atoms with van der Waals surface area (Å²) < 4.78 is 32.8. The molecular weight excluding hydrogens is 406 g/mol. The Balaban J connectivity index is 1.75. The molecule has 1 N–H and O–H groups in total. The standard InChI is InChI=1S/C19H16ClNO4S2/c1-25-16-9-7-14(20)11-18(16)27(23,24)21-12-15-8-10-17(26-15)19(22)13-5-3-2-4-6-13/h2-11,21H,12H2,1H3. The van der Waals surface area contributed by atoms with Crippen LogP contribution >= 0.6 is 22.9 Å². The molecule has 0 fully saturated rings. The molecular formula is C19H16ClNO4S2. The van der Waals surface area contributed by atoms with Crippen molar-refractivity contribution in [1.82, 2.24) is 4.72 Å². The van der Waals surface area contributed by atoms with Crippen molar-refractivity contribution < 1.29 is 17.9 Å². The van der Waals surface area contributed by atoms with Gasteiger partial charge < -0.3 is 4.74 Å². The lowest BCUT2D eigenvalue weighted by molar-refractivity contribution is 0.104. The summed E-state index contributed by atoms with van der Waals surface area (Å²) in [7, 11) is -2.43. The fraction of sp³-hybridized carbons (Fsp3) is 0.105. The number of rotatable bonds is 7. The molecule has 3 rings (SSSR count). The summed E-state index contributed by atoms with van der Waals surface area (Å²) in [4.78, 5) is 13.7. The predicted octanol–water partition coefficient (Wildman–Crippen LogP) is 4.12. The van der Waals surface area contributed by atoms with Gasteiger partial charge in [0.2, 0.25) is 15.8 Å². The molecule has 3 aromatic rings. The predicted molar refractivity (Wildman–Crippen MR) is 106 cm³/mol. The van der Waals surface area contributed by atoms with Gasteiger partial charge in [-0.15, -0.1) is 11.3 Å². The van der Waals surface area contributed by atoms with Crippen LogP contribution in [-0.2, 0) is 16.6 Å². The first-order valence-corrected chi connectivity index (χ1v) is 10.6. The Morgan fingerprint density at radius 1 is 1.11 bits per heavy atom. The number of methoxy groups -OCH3 is 1. The molecule has 27 heavy (non-hydrogen) atoms. The maximum Gasteiger partial charge on any atom is 0.244 e. The first-order valence-electron chi connectivity index (χ1n) is 7.92. The van der Waals surface area contributed by atoms with Gasteiger partial charge in [-0.1, -0.05) is 41.9 Å². The summed E-state index contributed by atoms with van der Waals surface area (Å²) >= 11 is 7.16. The average Bonchev–Trinajstić information content (AvgIpc) is 3.15. The lowest BCUT2D eigenvalue weighted by Crippen LogP contribution is -2.23. The smallest absolute Gasteiger partial charge is 0.244 e. The van der Waals surface area contributed by atoms with Crippen LogP contribution in [0.25, 0.3) is 0 Å². The van der Waals surface area contributed by atoms with Crippen LogP contribution in [0.5, 0.6) is 5.75 Å². The highest BCUT2D eigenvalue weighted by Gasteiger charge is 2.20. The van der Waals surface area contributed by atoms with E-state index >= 15 is 0 Å². The number of ketones is 1. The van der Waals surface area contributed by atoms with Crippen LogP contribution in [0.4, 0.5) is 0 Å². The number of hydrogen-bond donors (Lipinski definition) is 1. The minimum Gasteiger partial charge on any atom is -0.495 e. The van der Waals surface area contributed by atoms with Crippen LogP contribution < -0.4 is 9.46 Å². The molecule has 0 aliphatic rings. The topological polar surface area (TPSA) is 72.5 Å². The Morgan fingerprint density at radius 2 is 1.85 bits per heavy atom. The maximum atomic E-state index is 12.6. The van der Waals surface area contributed by atoms with Crippen molar-refractivity contribution in [1.29, 1.82) is 0 Å². The molecule has 0 saturated heterocycles. The molecule has 0 bridgehead atoms. The van der Waals surface area contributed by atoms with E-state index in [9.17, 15) is 13.2 Å². The average molecular weight is 422 g/mol. The third-order valence-electron chi connectivity index (χ3n) is 3.77. The van der Waals surface area contributed by atoms with E-state index in [-0.39, 0.29) is 23.0 Å². The van der Waals surface area contributed by atoms with E-state index in [0.29, 0.717) is 15.5 Å². The van der Waals surface area contributed by atoms with Crippen molar-refractivity contribution in [3.63, 3.8) is 0 Å². The van der Waals surface area contributed by atoms with Crippen molar-refractivity contribution in [3.05, 3.63) is 81.0 Å². The van der Waals surface area contributed by atoms with Crippen molar-refractivity contribution in [3.8, 4) is 5.75 Å². The number of nitrogens with one attached hydrogen (secondary N) is 1. The number of thiophene rings is 1. The molecule has 5 nitrogen and oxygen atoms in total. The zero-order valence-corrected chi connectivity index (χ0v) is 16.7. The minimum absolute atomic E-state index is 0.0327. The van der Waals surface area contributed by atoms with Gasteiger partial charge in [-0.25, -0.2) is 13.1 Å². The fourth-order valence-electron chi connectivity index (χ4n) is 2.43. The van der Waals surface area contributed by atoms with E-state index in [0.717, 1.165) is 4.88 Å². The second-order valence-electron chi connectivity index (χ2n) is 5.58. The number of benzene rings is 2. The van der Waals surface area contributed by atoms with E-state index < -0.39 is 10.0 Å². The highest BCUT2D eigenvalue weighted by atomic mass is 35.5. The Hall–Kier alpha value is -2.19. The Labute approximate surface area is 166 Å². The molecule has 1 heterocycles. The van der Waals surface area contributed by atoms with Gasteiger partial charge in [-0.3, -0.25) is 4.79 Å². The summed E-state index contributed by atoms with van der Waals surface area (Å²) in [5, 5.41) is 0.294. The number of carbonyl (C=O) groups is 1. The summed E-state index contributed by atoms with van der Waals surface area (Å²) in [6.07, 6.45) is 0. The van der Waals surface area contributed by atoms with E-state index in [4.69, 9.17) is 16.3 Å². The van der Waals surface area contributed by atoms with Gasteiger partial charge in [0.25, 0.3) is 0 Å². The van der Waals surface area contributed by atoms with Crippen molar-refractivity contribution in [2.24, 2.45) is 0 Å². The highest BCUT2D eigenvalue weighted by molar-refractivity contribution is 7.89. The van der Waals surface area contributed by atoms with Gasteiger partial charge >= 0.3 is 0 Å². The van der Waals surface area contributed by atoms with Crippen LogP contribution in [-0.4, -0.2) is 21.3 Å². The van der Waals surface area contributed by atoms with Crippen molar-refractivity contribution in [2.75, 3.05) is 7.11 Å². The molecule has 8 heteroatoms. The number of carbonyl (C=O) groups excluding carboxylic acids is 1. The molecule has 0 spiro atoms. The lowest BCUT2D eigenvalue weighted by Gasteiger charge is -2.10.